The summed E-state index contributed by atoms with van der Waals surface area (Å²) in [4.78, 5) is 13.4. The van der Waals surface area contributed by atoms with Crippen LogP contribution < -0.4 is 5.32 Å². The molecule has 0 saturated carbocycles. The number of nitrogens with zero attached hydrogens (tertiary/aromatic N) is 2. The zero-order valence-corrected chi connectivity index (χ0v) is 16.2. The molecule has 27 heavy (non-hydrogen) atoms. The number of benzene rings is 1. The molecule has 1 amide bonds. The number of anilines is 1. The van der Waals surface area contributed by atoms with Crippen molar-refractivity contribution in [2.75, 3.05) is 16.8 Å². The summed E-state index contributed by atoms with van der Waals surface area (Å²) in [6, 6.07) is 15.0. The van der Waals surface area contributed by atoms with E-state index in [9.17, 15) is 13.2 Å². The number of sulfone groups is 1. The largest absolute Gasteiger partial charge is 0.311 e. The van der Waals surface area contributed by atoms with Gasteiger partial charge < -0.3 is 5.32 Å². The van der Waals surface area contributed by atoms with Gasteiger partial charge in [0.05, 0.1) is 29.7 Å². The topological polar surface area (TPSA) is 81.1 Å². The van der Waals surface area contributed by atoms with Gasteiger partial charge >= 0.3 is 0 Å². The molecule has 3 heterocycles. The molecule has 1 fully saturated rings. The quantitative estimate of drug-likeness (QED) is 0.712. The molecule has 0 radical (unpaired) electrons. The van der Waals surface area contributed by atoms with Crippen LogP contribution in [0.5, 0.6) is 0 Å². The second-order valence-corrected chi connectivity index (χ2v) is 9.85. The minimum atomic E-state index is -3.06. The van der Waals surface area contributed by atoms with Gasteiger partial charge in [-0.1, -0.05) is 36.4 Å². The zero-order valence-electron chi connectivity index (χ0n) is 14.5. The third-order valence-electron chi connectivity index (χ3n) is 4.54. The Hall–Kier alpha value is -2.45. The van der Waals surface area contributed by atoms with Crippen LogP contribution in [0.3, 0.4) is 0 Å². The first-order chi connectivity index (χ1) is 13.0. The van der Waals surface area contributed by atoms with E-state index in [1.807, 2.05) is 53.9 Å². The molecular weight excluding hydrogens is 382 g/mol. The monoisotopic (exact) mass is 401 g/mol. The van der Waals surface area contributed by atoms with Gasteiger partial charge in [0.1, 0.15) is 5.82 Å². The van der Waals surface area contributed by atoms with Crippen LogP contribution in [0.15, 0.2) is 53.9 Å². The molecule has 3 aromatic rings. The maximum Gasteiger partial charge on any atom is 0.230 e. The molecule has 2 aromatic heterocycles. The van der Waals surface area contributed by atoms with E-state index < -0.39 is 9.84 Å². The van der Waals surface area contributed by atoms with Gasteiger partial charge in [0, 0.05) is 16.5 Å². The molecule has 1 aliphatic heterocycles. The molecule has 1 atom stereocenters. The molecule has 1 N–H and O–H groups in total. The lowest BCUT2D eigenvalue weighted by molar-refractivity contribution is -0.115. The van der Waals surface area contributed by atoms with Gasteiger partial charge in [0.2, 0.25) is 5.91 Å². The first-order valence-electron chi connectivity index (χ1n) is 8.68. The summed E-state index contributed by atoms with van der Waals surface area (Å²) in [5.74, 6) is 0.605. The average Bonchev–Trinajstić information content (AvgIpc) is 3.36. The van der Waals surface area contributed by atoms with Gasteiger partial charge in [-0.3, -0.25) is 4.79 Å². The van der Waals surface area contributed by atoms with Gasteiger partial charge in [-0.25, -0.2) is 13.1 Å². The molecule has 1 saturated heterocycles. The third kappa shape index (κ3) is 4.12. The van der Waals surface area contributed by atoms with Gasteiger partial charge in [-0.2, -0.15) is 5.10 Å². The molecular formula is C19H19N3O3S2. The van der Waals surface area contributed by atoms with E-state index in [0.29, 0.717) is 17.9 Å². The van der Waals surface area contributed by atoms with Crippen LogP contribution in [0.1, 0.15) is 17.3 Å². The third-order valence-corrected chi connectivity index (χ3v) is 7.17. The van der Waals surface area contributed by atoms with E-state index in [1.54, 1.807) is 4.68 Å². The van der Waals surface area contributed by atoms with Crippen molar-refractivity contribution >= 4 is 32.9 Å². The fourth-order valence-electron chi connectivity index (χ4n) is 3.24. The molecule has 4 rings (SSSR count). The average molecular weight is 402 g/mol. The standard InChI is InChI=1S/C19H19N3O3S2/c23-19(11-16-7-4-9-26-16)20-18-12-17(14-5-2-1-3-6-14)21-22(18)15-8-10-27(24,25)13-15/h1-7,9,12,15H,8,10-11,13H2,(H,20,23)/t15-/m0/s1. The van der Waals surface area contributed by atoms with Crippen molar-refractivity contribution in [2.45, 2.75) is 18.9 Å². The van der Waals surface area contributed by atoms with E-state index in [2.05, 4.69) is 10.4 Å². The highest BCUT2D eigenvalue weighted by Crippen LogP contribution is 2.30. The first kappa shape index (κ1) is 17.9. The number of carbonyl (C=O) groups excluding carboxylic acids is 1. The molecule has 1 aliphatic rings. The van der Waals surface area contributed by atoms with Crippen molar-refractivity contribution in [3.8, 4) is 11.3 Å². The number of amides is 1. The van der Waals surface area contributed by atoms with Crippen LogP contribution in [0.25, 0.3) is 11.3 Å². The fraction of sp³-hybridized carbons (Fsp3) is 0.263. The Morgan fingerprint density at radius 3 is 2.70 bits per heavy atom. The van der Waals surface area contributed by atoms with E-state index in [1.165, 1.54) is 11.3 Å². The molecule has 8 heteroatoms. The Balaban J connectivity index is 1.63. The molecule has 0 spiro atoms. The second-order valence-electron chi connectivity index (χ2n) is 6.59. The Bertz CT molecular complexity index is 1040. The van der Waals surface area contributed by atoms with Crippen molar-refractivity contribution in [1.82, 2.24) is 9.78 Å². The van der Waals surface area contributed by atoms with Gasteiger partial charge in [0.25, 0.3) is 0 Å². The predicted octanol–water partition coefficient (Wildman–Crippen LogP) is 3.15. The van der Waals surface area contributed by atoms with Gasteiger partial charge in [0.15, 0.2) is 9.84 Å². The van der Waals surface area contributed by atoms with Crippen molar-refractivity contribution < 1.29 is 13.2 Å². The summed E-state index contributed by atoms with van der Waals surface area (Å²) in [5.41, 5.74) is 1.64. The molecule has 0 aliphatic carbocycles. The summed E-state index contributed by atoms with van der Waals surface area (Å²) >= 11 is 1.53. The number of carbonyl (C=O) groups is 1. The van der Waals surface area contributed by atoms with Crippen LogP contribution in [-0.4, -0.2) is 35.6 Å². The highest BCUT2D eigenvalue weighted by atomic mass is 32.2. The van der Waals surface area contributed by atoms with E-state index in [0.717, 1.165) is 10.4 Å². The van der Waals surface area contributed by atoms with Gasteiger partial charge in [-0.15, -0.1) is 11.3 Å². The minimum Gasteiger partial charge on any atom is -0.311 e. The summed E-state index contributed by atoms with van der Waals surface area (Å²) in [5, 5.41) is 9.47. The molecule has 140 valence electrons. The molecule has 6 nitrogen and oxygen atoms in total. The summed E-state index contributed by atoms with van der Waals surface area (Å²) in [7, 11) is -3.06. The van der Waals surface area contributed by atoms with Gasteiger partial charge in [-0.05, 0) is 17.9 Å². The molecule has 1 aromatic carbocycles. The van der Waals surface area contributed by atoms with E-state index in [4.69, 9.17) is 0 Å². The maximum atomic E-state index is 12.5. The Morgan fingerprint density at radius 1 is 1.22 bits per heavy atom. The highest BCUT2D eigenvalue weighted by molar-refractivity contribution is 7.91. The van der Waals surface area contributed by atoms with Crippen LogP contribution in [0.2, 0.25) is 0 Å². The highest BCUT2D eigenvalue weighted by Gasteiger charge is 2.31. The Morgan fingerprint density at radius 2 is 2.04 bits per heavy atom. The fourth-order valence-corrected chi connectivity index (χ4v) is 5.64. The SMILES string of the molecule is O=C(Cc1cccs1)Nc1cc(-c2ccccc2)nn1[C@H]1CCS(=O)(=O)C1. The molecule has 0 unspecified atom stereocenters. The summed E-state index contributed by atoms with van der Waals surface area (Å²) in [6.07, 6.45) is 0.790. The van der Waals surface area contributed by atoms with Crippen molar-refractivity contribution in [1.29, 1.82) is 0 Å². The Kier molecular flexibility index (Phi) is 4.84. The lowest BCUT2D eigenvalue weighted by Gasteiger charge is -2.13. The number of hydrogen-bond acceptors (Lipinski definition) is 5. The van der Waals surface area contributed by atoms with Crippen molar-refractivity contribution in [3.05, 3.63) is 58.8 Å². The minimum absolute atomic E-state index is 0.0523. The lowest BCUT2D eigenvalue weighted by atomic mass is 10.1. The number of rotatable bonds is 5. The first-order valence-corrected chi connectivity index (χ1v) is 11.4. The zero-order chi connectivity index (χ0) is 18.9. The lowest BCUT2D eigenvalue weighted by Crippen LogP contribution is -2.20. The smallest absolute Gasteiger partial charge is 0.230 e. The normalized spacial score (nSPS) is 18.4. The van der Waals surface area contributed by atoms with Crippen LogP contribution >= 0.6 is 11.3 Å². The van der Waals surface area contributed by atoms with E-state index >= 15 is 0 Å². The van der Waals surface area contributed by atoms with Crippen molar-refractivity contribution in [3.63, 3.8) is 0 Å². The van der Waals surface area contributed by atoms with Crippen LogP contribution in [-0.2, 0) is 21.1 Å². The predicted molar refractivity (Wildman–Crippen MR) is 107 cm³/mol. The summed E-state index contributed by atoms with van der Waals surface area (Å²) in [6.45, 7) is 0. The number of thiophene rings is 1. The van der Waals surface area contributed by atoms with Crippen molar-refractivity contribution in [2.24, 2.45) is 0 Å². The Labute approximate surface area is 161 Å². The number of aromatic nitrogens is 2. The van der Waals surface area contributed by atoms with E-state index in [-0.39, 0.29) is 29.9 Å². The number of hydrogen-bond donors (Lipinski definition) is 1. The second kappa shape index (κ2) is 7.28. The molecule has 0 bridgehead atoms. The maximum absolute atomic E-state index is 12.5. The van der Waals surface area contributed by atoms with Crippen LogP contribution in [0.4, 0.5) is 5.82 Å². The number of nitrogens with one attached hydrogen (secondary N) is 1. The van der Waals surface area contributed by atoms with Crippen LogP contribution in [0, 0.1) is 0 Å². The summed E-state index contributed by atoms with van der Waals surface area (Å²) < 4.78 is 25.5.